The van der Waals surface area contributed by atoms with Gasteiger partial charge in [-0.15, -0.1) is 0 Å². The number of amides is 1. The van der Waals surface area contributed by atoms with Crippen LogP contribution in [0.15, 0.2) is 18.2 Å². The number of nitrogens with zero attached hydrogens (tertiary/aromatic N) is 2. The van der Waals surface area contributed by atoms with Crippen LogP contribution in [0.3, 0.4) is 0 Å². The number of piperazine rings is 1. The van der Waals surface area contributed by atoms with E-state index in [1.807, 2.05) is 25.1 Å². The standard InChI is InChI=1S/C16H23ClN2O3/c1-12-13(17)5-4-6-14(12)18-7-9-19(10-8-18)15(20)16(2,21)11-22-3/h4-6,21H,7-11H2,1-3H3. The first-order valence-corrected chi connectivity index (χ1v) is 7.75. The average Bonchev–Trinajstić information content (AvgIpc) is 2.49. The van der Waals surface area contributed by atoms with Crippen LogP contribution in [0, 0.1) is 6.92 Å². The average molecular weight is 327 g/mol. The number of methoxy groups -OCH3 is 1. The SMILES string of the molecule is COCC(C)(O)C(=O)N1CCN(c2cccc(Cl)c2C)CC1. The van der Waals surface area contributed by atoms with Crippen molar-refractivity contribution in [1.29, 1.82) is 0 Å². The summed E-state index contributed by atoms with van der Waals surface area (Å²) in [6.07, 6.45) is 0. The van der Waals surface area contributed by atoms with Gasteiger partial charge in [0.2, 0.25) is 0 Å². The highest BCUT2D eigenvalue weighted by Gasteiger charge is 2.35. The topological polar surface area (TPSA) is 53.0 Å². The van der Waals surface area contributed by atoms with E-state index in [-0.39, 0.29) is 12.5 Å². The first-order valence-electron chi connectivity index (χ1n) is 7.37. The molecule has 1 atom stereocenters. The summed E-state index contributed by atoms with van der Waals surface area (Å²) in [5.74, 6) is -0.281. The van der Waals surface area contributed by atoms with Crippen molar-refractivity contribution in [3.8, 4) is 0 Å². The Bertz CT molecular complexity index is 540. The summed E-state index contributed by atoms with van der Waals surface area (Å²) in [7, 11) is 1.47. The second kappa shape index (κ2) is 6.86. The van der Waals surface area contributed by atoms with Gasteiger partial charge >= 0.3 is 0 Å². The fraction of sp³-hybridized carbons (Fsp3) is 0.562. The van der Waals surface area contributed by atoms with Gasteiger partial charge in [0, 0.05) is 44.0 Å². The van der Waals surface area contributed by atoms with Gasteiger partial charge in [-0.1, -0.05) is 17.7 Å². The fourth-order valence-corrected chi connectivity index (χ4v) is 2.94. The van der Waals surface area contributed by atoms with Crippen LogP contribution in [0.5, 0.6) is 0 Å². The largest absolute Gasteiger partial charge is 0.381 e. The highest BCUT2D eigenvalue weighted by atomic mass is 35.5. The van der Waals surface area contributed by atoms with Crippen molar-refractivity contribution in [2.75, 3.05) is 44.8 Å². The second-order valence-electron chi connectivity index (χ2n) is 5.87. The van der Waals surface area contributed by atoms with E-state index in [1.54, 1.807) is 4.90 Å². The summed E-state index contributed by atoms with van der Waals surface area (Å²) in [4.78, 5) is 16.2. The lowest BCUT2D eigenvalue weighted by Crippen LogP contribution is -2.56. The van der Waals surface area contributed by atoms with Gasteiger partial charge in [0.1, 0.15) is 0 Å². The van der Waals surface area contributed by atoms with Gasteiger partial charge in [0.15, 0.2) is 5.60 Å². The second-order valence-corrected chi connectivity index (χ2v) is 6.28. The molecule has 1 N–H and O–H groups in total. The van der Waals surface area contributed by atoms with Crippen molar-refractivity contribution >= 4 is 23.2 Å². The van der Waals surface area contributed by atoms with Crippen molar-refractivity contribution in [2.24, 2.45) is 0 Å². The molecule has 1 aromatic carbocycles. The molecule has 1 fully saturated rings. The summed E-state index contributed by atoms with van der Waals surface area (Å²) in [5, 5.41) is 10.9. The number of aliphatic hydroxyl groups is 1. The molecular formula is C16H23ClN2O3. The Kier molecular flexibility index (Phi) is 5.32. The molecule has 0 aliphatic carbocycles. The number of ether oxygens (including phenoxy) is 1. The Morgan fingerprint density at radius 1 is 1.36 bits per heavy atom. The maximum Gasteiger partial charge on any atom is 0.256 e. The molecule has 22 heavy (non-hydrogen) atoms. The van der Waals surface area contributed by atoms with Crippen molar-refractivity contribution < 1.29 is 14.6 Å². The Labute approximate surface area is 136 Å². The van der Waals surface area contributed by atoms with E-state index in [9.17, 15) is 9.90 Å². The zero-order chi connectivity index (χ0) is 16.3. The molecule has 6 heteroatoms. The van der Waals surface area contributed by atoms with Crippen LogP contribution < -0.4 is 4.90 Å². The van der Waals surface area contributed by atoms with Crippen LogP contribution in [0.1, 0.15) is 12.5 Å². The van der Waals surface area contributed by atoms with Crippen LogP contribution in [-0.4, -0.2) is 61.4 Å². The highest BCUT2D eigenvalue weighted by molar-refractivity contribution is 6.31. The first kappa shape index (κ1) is 17.1. The quantitative estimate of drug-likeness (QED) is 0.915. The number of rotatable bonds is 4. The number of hydrogen-bond acceptors (Lipinski definition) is 4. The Morgan fingerprint density at radius 2 is 2.00 bits per heavy atom. The number of hydrogen-bond donors (Lipinski definition) is 1. The molecule has 1 aliphatic rings. The van der Waals surface area contributed by atoms with Crippen LogP contribution >= 0.6 is 11.6 Å². The van der Waals surface area contributed by atoms with E-state index < -0.39 is 5.60 Å². The zero-order valence-corrected chi connectivity index (χ0v) is 14.1. The van der Waals surface area contributed by atoms with E-state index in [1.165, 1.54) is 14.0 Å². The lowest BCUT2D eigenvalue weighted by Gasteiger charge is -2.39. The van der Waals surface area contributed by atoms with Crippen LogP contribution in [0.25, 0.3) is 0 Å². The molecule has 5 nitrogen and oxygen atoms in total. The van der Waals surface area contributed by atoms with Crippen molar-refractivity contribution in [3.63, 3.8) is 0 Å². The Balaban J connectivity index is 2.01. The summed E-state index contributed by atoms with van der Waals surface area (Å²) in [5.41, 5.74) is 0.682. The number of halogens is 1. The van der Waals surface area contributed by atoms with Gasteiger partial charge in [-0.2, -0.15) is 0 Å². The number of anilines is 1. The minimum Gasteiger partial charge on any atom is -0.381 e. The monoisotopic (exact) mass is 326 g/mol. The lowest BCUT2D eigenvalue weighted by molar-refractivity contribution is -0.154. The lowest BCUT2D eigenvalue weighted by atomic mass is 10.1. The first-order chi connectivity index (χ1) is 10.4. The minimum absolute atomic E-state index is 0.000547. The van der Waals surface area contributed by atoms with E-state index >= 15 is 0 Å². The van der Waals surface area contributed by atoms with Crippen molar-refractivity contribution in [1.82, 2.24) is 4.90 Å². The van der Waals surface area contributed by atoms with Gasteiger partial charge in [-0.05, 0) is 31.5 Å². The summed E-state index contributed by atoms with van der Waals surface area (Å²) in [6, 6.07) is 5.85. The summed E-state index contributed by atoms with van der Waals surface area (Å²) < 4.78 is 4.92. The van der Waals surface area contributed by atoms with Crippen molar-refractivity contribution in [3.05, 3.63) is 28.8 Å². The molecule has 1 heterocycles. The third-order valence-electron chi connectivity index (χ3n) is 4.03. The van der Waals surface area contributed by atoms with Gasteiger partial charge in [-0.3, -0.25) is 4.79 Å². The van der Waals surface area contributed by atoms with Gasteiger partial charge in [0.05, 0.1) is 6.61 Å². The van der Waals surface area contributed by atoms with E-state index in [4.69, 9.17) is 16.3 Å². The maximum atomic E-state index is 12.3. The van der Waals surface area contributed by atoms with E-state index in [2.05, 4.69) is 4.90 Å². The predicted molar refractivity (Wildman–Crippen MR) is 87.5 cm³/mol. The number of carbonyl (C=O) groups excluding carboxylic acids is 1. The Hall–Kier alpha value is -1.30. The Morgan fingerprint density at radius 3 is 2.59 bits per heavy atom. The van der Waals surface area contributed by atoms with Crippen molar-refractivity contribution in [2.45, 2.75) is 19.4 Å². The smallest absolute Gasteiger partial charge is 0.256 e. The minimum atomic E-state index is -1.47. The molecule has 2 rings (SSSR count). The third kappa shape index (κ3) is 3.54. The normalized spacial score (nSPS) is 18.2. The third-order valence-corrected chi connectivity index (χ3v) is 4.44. The molecule has 0 bridgehead atoms. The molecule has 1 aromatic rings. The van der Waals surface area contributed by atoms with Crippen LogP contribution in [0.2, 0.25) is 5.02 Å². The molecule has 1 aliphatic heterocycles. The molecular weight excluding hydrogens is 304 g/mol. The zero-order valence-electron chi connectivity index (χ0n) is 13.3. The van der Waals surface area contributed by atoms with E-state index in [0.29, 0.717) is 13.1 Å². The molecule has 1 unspecified atom stereocenters. The molecule has 1 saturated heterocycles. The van der Waals surface area contributed by atoms with Gasteiger partial charge in [-0.25, -0.2) is 0 Å². The summed E-state index contributed by atoms with van der Waals surface area (Å²) in [6.45, 7) is 6.08. The summed E-state index contributed by atoms with van der Waals surface area (Å²) >= 11 is 6.17. The predicted octanol–water partition coefficient (Wildman–Crippen LogP) is 1.69. The molecule has 122 valence electrons. The molecule has 0 saturated carbocycles. The highest BCUT2D eigenvalue weighted by Crippen LogP contribution is 2.27. The van der Waals surface area contributed by atoms with Gasteiger partial charge < -0.3 is 19.6 Å². The van der Waals surface area contributed by atoms with Gasteiger partial charge in [0.25, 0.3) is 5.91 Å². The maximum absolute atomic E-state index is 12.3. The molecule has 0 radical (unpaired) electrons. The molecule has 0 aromatic heterocycles. The number of benzene rings is 1. The van der Waals surface area contributed by atoms with E-state index in [0.717, 1.165) is 29.4 Å². The van der Waals surface area contributed by atoms with Crippen LogP contribution in [-0.2, 0) is 9.53 Å². The number of carbonyl (C=O) groups is 1. The van der Waals surface area contributed by atoms with Crippen LogP contribution in [0.4, 0.5) is 5.69 Å². The molecule has 1 amide bonds. The fourth-order valence-electron chi connectivity index (χ4n) is 2.77. The molecule has 0 spiro atoms.